The van der Waals surface area contributed by atoms with Crippen LogP contribution in [0.4, 0.5) is 0 Å². The molecule has 0 bridgehead atoms. The molecule has 2 aromatic carbocycles. The van der Waals surface area contributed by atoms with Gasteiger partial charge in [-0.15, -0.1) is 0 Å². The van der Waals surface area contributed by atoms with Crippen LogP contribution in [-0.2, 0) is 0 Å². The van der Waals surface area contributed by atoms with Crippen molar-refractivity contribution in [1.29, 1.82) is 0 Å². The Labute approximate surface area is 161 Å². The molecule has 0 heterocycles. The van der Waals surface area contributed by atoms with E-state index in [0.29, 0.717) is 0 Å². The first kappa shape index (κ1) is 19.9. The Kier molecular flexibility index (Phi) is 7.75. The van der Waals surface area contributed by atoms with Crippen LogP contribution >= 0.6 is 26.3 Å². The molecule has 0 fully saturated rings. The first-order valence-corrected chi connectivity index (χ1v) is 14.9. The molecule has 2 heteroatoms. The minimum absolute atomic E-state index is 1.29. The van der Waals surface area contributed by atoms with Gasteiger partial charge in [0.2, 0.25) is 0 Å². The Morgan fingerprint density at radius 3 is 1.33 bits per heavy atom. The molecule has 24 heavy (non-hydrogen) atoms. The van der Waals surface area contributed by atoms with Crippen LogP contribution in [0.3, 0.4) is 0 Å². The van der Waals surface area contributed by atoms with E-state index in [9.17, 15) is 0 Å². The average Bonchev–Trinajstić information content (AvgIpc) is 2.64. The van der Waals surface area contributed by atoms with Crippen LogP contribution in [0.15, 0.2) is 60.7 Å². The maximum atomic E-state index is 2.95. The molecule has 0 saturated heterocycles. The summed E-state index contributed by atoms with van der Waals surface area (Å²) < 4.78 is -2.15. The molecule has 0 N–H and O–H groups in total. The summed E-state index contributed by atoms with van der Waals surface area (Å²) in [6.07, 6.45) is 10.6. The van der Waals surface area contributed by atoms with Crippen molar-refractivity contribution in [1.82, 2.24) is 0 Å². The monoisotopic (exact) mass is 454 g/mol. The molecule has 0 spiro atoms. The third-order valence-corrected chi connectivity index (χ3v) is 16.8. The zero-order valence-electron chi connectivity index (χ0n) is 15.3. The van der Waals surface area contributed by atoms with Crippen LogP contribution in [-0.4, -0.2) is 12.3 Å². The third kappa shape index (κ3) is 4.41. The molecular formula is C22H32IP. The zero-order chi connectivity index (χ0) is 17.3. The second-order valence-electron chi connectivity index (χ2n) is 6.91. The number of hydrogen-bond acceptors (Lipinski definition) is 0. The predicted molar refractivity (Wildman–Crippen MR) is 122 cm³/mol. The molecular weight excluding hydrogens is 422 g/mol. The number of rotatable bonds is 10. The number of halogens is 1. The zero-order valence-corrected chi connectivity index (χ0v) is 18.3. The molecule has 0 aromatic heterocycles. The van der Waals surface area contributed by atoms with E-state index in [4.69, 9.17) is 0 Å². The standard InChI is InChI=1S/C22H32IP/c1-3-5-13-19-24(23,20-14-6-4-2,21-15-9-7-10-16-21)22-17-11-8-12-18-22/h7-12,15-18H,3-6,13-14,19-20H2,1-2H3. The van der Waals surface area contributed by atoms with Crippen molar-refractivity contribution >= 4 is 36.9 Å². The normalized spacial score (nSPS) is 13.4. The molecule has 132 valence electrons. The predicted octanol–water partition coefficient (Wildman–Crippen LogP) is 6.92. The Morgan fingerprint density at radius 1 is 0.625 bits per heavy atom. The van der Waals surface area contributed by atoms with Crippen molar-refractivity contribution in [3.05, 3.63) is 60.7 Å². The summed E-state index contributed by atoms with van der Waals surface area (Å²) in [6.45, 7) is 4.62. The van der Waals surface area contributed by atoms with Crippen LogP contribution in [0.25, 0.3) is 0 Å². The van der Waals surface area contributed by atoms with E-state index in [1.807, 2.05) is 0 Å². The van der Waals surface area contributed by atoms with Gasteiger partial charge in [0.25, 0.3) is 0 Å². The fraction of sp³-hybridized carbons (Fsp3) is 0.455. The second kappa shape index (κ2) is 9.34. The van der Waals surface area contributed by atoms with Gasteiger partial charge < -0.3 is 0 Å². The fourth-order valence-electron chi connectivity index (χ4n) is 3.70. The van der Waals surface area contributed by atoms with Crippen LogP contribution < -0.4 is 10.6 Å². The van der Waals surface area contributed by atoms with Gasteiger partial charge in [0.1, 0.15) is 0 Å². The molecule has 0 nitrogen and oxygen atoms in total. The van der Waals surface area contributed by atoms with Gasteiger partial charge in [-0.05, 0) is 0 Å². The fourth-order valence-corrected chi connectivity index (χ4v) is 12.7. The molecule has 0 atom stereocenters. The number of hydrogen-bond donors (Lipinski definition) is 0. The Balaban J connectivity index is 2.54. The van der Waals surface area contributed by atoms with E-state index >= 15 is 0 Å². The van der Waals surface area contributed by atoms with Gasteiger partial charge in [-0.25, -0.2) is 0 Å². The number of benzene rings is 2. The summed E-state index contributed by atoms with van der Waals surface area (Å²) in [7, 11) is 0. The van der Waals surface area contributed by atoms with Crippen molar-refractivity contribution in [3.8, 4) is 0 Å². The molecule has 0 aliphatic rings. The van der Waals surface area contributed by atoms with Crippen LogP contribution in [0.1, 0.15) is 52.4 Å². The van der Waals surface area contributed by atoms with Gasteiger partial charge in [-0.1, -0.05) is 0 Å². The van der Waals surface area contributed by atoms with E-state index in [0.717, 1.165) is 0 Å². The van der Waals surface area contributed by atoms with Gasteiger partial charge in [0.15, 0.2) is 0 Å². The Morgan fingerprint density at radius 2 is 1.00 bits per heavy atom. The maximum absolute atomic E-state index is 2.95. The quantitative estimate of drug-likeness (QED) is 0.208. The summed E-state index contributed by atoms with van der Waals surface area (Å²) in [5.41, 5.74) is 0. The van der Waals surface area contributed by atoms with Gasteiger partial charge >= 0.3 is 162 Å². The van der Waals surface area contributed by atoms with Crippen molar-refractivity contribution in [2.45, 2.75) is 52.4 Å². The molecule has 0 saturated carbocycles. The first-order valence-electron chi connectivity index (χ1n) is 9.48. The van der Waals surface area contributed by atoms with Crippen LogP contribution in [0.5, 0.6) is 0 Å². The van der Waals surface area contributed by atoms with E-state index in [2.05, 4.69) is 96.6 Å². The van der Waals surface area contributed by atoms with E-state index < -0.39 is 4.25 Å². The molecule has 0 radical (unpaired) electrons. The summed E-state index contributed by atoms with van der Waals surface area (Å²) in [5, 5.41) is 3.20. The molecule has 0 unspecified atom stereocenters. The topological polar surface area (TPSA) is 0 Å². The van der Waals surface area contributed by atoms with Gasteiger partial charge in [-0.3, -0.25) is 0 Å². The van der Waals surface area contributed by atoms with Crippen LogP contribution in [0, 0.1) is 0 Å². The van der Waals surface area contributed by atoms with Gasteiger partial charge in [-0.2, -0.15) is 0 Å². The Hall–Kier alpha value is -0.400. The second-order valence-corrected chi connectivity index (χ2v) is 18.6. The Bertz CT molecular complexity index is 540. The van der Waals surface area contributed by atoms with Crippen LogP contribution in [0.2, 0.25) is 0 Å². The van der Waals surface area contributed by atoms with Crippen molar-refractivity contribution < 1.29 is 0 Å². The molecule has 0 aliphatic heterocycles. The summed E-state index contributed by atoms with van der Waals surface area (Å²) >= 11 is 2.95. The minimum atomic E-state index is -2.15. The van der Waals surface area contributed by atoms with Crippen molar-refractivity contribution in [2.24, 2.45) is 0 Å². The molecule has 2 rings (SSSR count). The van der Waals surface area contributed by atoms with E-state index in [1.54, 1.807) is 10.6 Å². The number of unbranched alkanes of at least 4 members (excludes halogenated alkanes) is 4. The van der Waals surface area contributed by atoms with Gasteiger partial charge in [0, 0.05) is 0 Å². The molecule has 2 aromatic rings. The first-order chi connectivity index (χ1) is 11.6. The van der Waals surface area contributed by atoms with E-state index in [1.165, 1.54) is 50.8 Å². The summed E-state index contributed by atoms with van der Waals surface area (Å²) in [4.78, 5) is 0. The molecule has 0 amide bonds. The summed E-state index contributed by atoms with van der Waals surface area (Å²) in [6, 6.07) is 22.8. The summed E-state index contributed by atoms with van der Waals surface area (Å²) in [5.74, 6) is 0. The van der Waals surface area contributed by atoms with Crippen molar-refractivity contribution in [2.75, 3.05) is 12.3 Å². The SMILES string of the molecule is CCCCCP(I)(CCCCC)(c1ccccc1)c1ccccc1. The van der Waals surface area contributed by atoms with Gasteiger partial charge in [0.05, 0.1) is 0 Å². The van der Waals surface area contributed by atoms with E-state index in [-0.39, 0.29) is 0 Å². The third-order valence-electron chi connectivity index (χ3n) is 5.15. The molecule has 0 aliphatic carbocycles. The van der Waals surface area contributed by atoms with Crippen molar-refractivity contribution in [3.63, 3.8) is 0 Å². The average molecular weight is 454 g/mol.